The van der Waals surface area contributed by atoms with Gasteiger partial charge in [0.15, 0.2) is 5.78 Å². The molecule has 1 aliphatic rings. The van der Waals surface area contributed by atoms with Gasteiger partial charge in [0.1, 0.15) is 29.3 Å². The van der Waals surface area contributed by atoms with Gasteiger partial charge >= 0.3 is 12.2 Å². The number of nitrogens with one attached hydrogen (secondary N) is 2. The van der Waals surface area contributed by atoms with Crippen LogP contribution in [0, 0.1) is 18.7 Å². The molecule has 0 spiro atoms. The van der Waals surface area contributed by atoms with Gasteiger partial charge in [-0.05, 0) is 31.2 Å². The summed E-state index contributed by atoms with van der Waals surface area (Å²) < 4.78 is 61.1. The summed E-state index contributed by atoms with van der Waals surface area (Å²) in [6.07, 6.45) is -5.38. The number of hydrogen-bond acceptors (Lipinski definition) is 4. The molecule has 0 radical (unpaired) electrons. The first-order chi connectivity index (χ1) is 15.5. The molecule has 6 nitrogen and oxygen atoms in total. The molecule has 1 saturated heterocycles. The van der Waals surface area contributed by atoms with E-state index in [2.05, 4.69) is 5.32 Å². The molecule has 3 N–H and O–H groups in total. The maximum atomic E-state index is 14.0. The van der Waals surface area contributed by atoms with Crippen molar-refractivity contribution < 1.29 is 36.7 Å². The zero-order chi connectivity index (χ0) is 24.0. The molecule has 3 aromatic rings. The average Bonchev–Trinajstić information content (AvgIpc) is 3.23. The van der Waals surface area contributed by atoms with Crippen molar-refractivity contribution in [2.75, 3.05) is 0 Å². The van der Waals surface area contributed by atoms with Crippen molar-refractivity contribution >= 4 is 11.8 Å². The number of carbonyl (C=O) groups excluding carboxylic acids is 2. The van der Waals surface area contributed by atoms with Crippen molar-refractivity contribution in [1.29, 1.82) is 0 Å². The molecule has 10 heteroatoms. The van der Waals surface area contributed by atoms with Gasteiger partial charge in [0.05, 0.1) is 0 Å². The summed E-state index contributed by atoms with van der Waals surface area (Å²) in [5.41, 5.74) is -2.88. The van der Waals surface area contributed by atoms with E-state index in [1.54, 1.807) is 19.1 Å². The van der Waals surface area contributed by atoms with E-state index in [0.29, 0.717) is 5.56 Å². The number of urea groups is 1. The number of rotatable bonds is 4. The molecule has 33 heavy (non-hydrogen) atoms. The lowest BCUT2D eigenvalue weighted by molar-refractivity contribution is -0.288. The number of aryl methyl sites for hydroxylation is 1. The minimum Gasteiger partial charge on any atom is -0.459 e. The van der Waals surface area contributed by atoms with Crippen molar-refractivity contribution in [3.63, 3.8) is 0 Å². The molecule has 0 aliphatic carbocycles. The molecule has 1 aromatic heterocycles. The van der Waals surface area contributed by atoms with E-state index in [1.165, 1.54) is 47.8 Å². The second-order valence-corrected chi connectivity index (χ2v) is 7.76. The molecule has 2 aromatic carbocycles. The normalized spacial score (nSPS) is 23.0. The highest BCUT2D eigenvalue weighted by Crippen LogP contribution is 2.44. The molecule has 4 rings (SSSR count). The fourth-order valence-corrected chi connectivity index (χ4v) is 3.79. The number of hydrogen-bond donors (Lipinski definition) is 3. The number of halogens is 4. The summed E-state index contributed by atoms with van der Waals surface area (Å²) in [6, 6.07) is 10.7. The summed E-state index contributed by atoms with van der Waals surface area (Å²) in [6.45, 7) is 1.74. The molecule has 1 fully saturated rings. The first-order valence-electron chi connectivity index (χ1n) is 9.84. The van der Waals surface area contributed by atoms with Gasteiger partial charge in [-0.2, -0.15) is 13.2 Å². The van der Waals surface area contributed by atoms with Crippen molar-refractivity contribution in [1.82, 2.24) is 10.6 Å². The number of amides is 2. The molecule has 1 aliphatic heterocycles. The number of ketones is 1. The number of alkyl halides is 3. The second-order valence-electron chi connectivity index (χ2n) is 7.76. The Balaban J connectivity index is 1.81. The largest absolute Gasteiger partial charge is 0.459 e. The molecular weight excluding hydrogens is 444 g/mol. The third-order valence-electron chi connectivity index (χ3n) is 5.47. The third kappa shape index (κ3) is 4.09. The maximum Gasteiger partial charge on any atom is 0.437 e. The lowest BCUT2D eigenvalue weighted by Crippen LogP contribution is -2.72. The molecule has 2 heterocycles. The van der Waals surface area contributed by atoms with Crippen molar-refractivity contribution in [2.45, 2.75) is 24.9 Å². The molecule has 172 valence electrons. The number of benzene rings is 2. The van der Waals surface area contributed by atoms with Crippen molar-refractivity contribution in [3.05, 3.63) is 83.4 Å². The number of furan rings is 1. The maximum absolute atomic E-state index is 14.0. The lowest BCUT2D eigenvalue weighted by atomic mass is 9.79. The van der Waals surface area contributed by atoms with Crippen LogP contribution in [-0.4, -0.2) is 28.8 Å². The van der Waals surface area contributed by atoms with Crippen LogP contribution in [0.15, 0.2) is 65.1 Å². The van der Waals surface area contributed by atoms with E-state index in [4.69, 9.17) is 4.42 Å². The van der Waals surface area contributed by atoms with Crippen LogP contribution in [0.25, 0.3) is 11.3 Å². The van der Waals surface area contributed by atoms with Gasteiger partial charge in [0.2, 0.25) is 5.72 Å². The fraction of sp³-hybridized carbons (Fsp3) is 0.217. The smallest absolute Gasteiger partial charge is 0.437 e. The molecule has 3 atom stereocenters. The van der Waals surface area contributed by atoms with E-state index >= 15 is 0 Å². The zero-order valence-corrected chi connectivity index (χ0v) is 17.1. The van der Waals surface area contributed by atoms with E-state index in [0.717, 1.165) is 11.6 Å². The van der Waals surface area contributed by atoms with Gasteiger partial charge < -0.3 is 20.2 Å². The van der Waals surface area contributed by atoms with Crippen LogP contribution in [0.2, 0.25) is 0 Å². The SMILES string of the molecule is Cc1ccc(C(=O)[C@@H]2[C@@H](c3ccc(-c4cccc(F)c4)o3)NC(=O)N[C@@]2(O)C(F)(F)F)cc1. The summed E-state index contributed by atoms with van der Waals surface area (Å²) in [5, 5.41) is 14.3. The summed E-state index contributed by atoms with van der Waals surface area (Å²) >= 11 is 0. The molecule has 0 saturated carbocycles. The Morgan fingerprint density at radius 3 is 2.42 bits per heavy atom. The standard InChI is InChI=1S/C23H18F4N2O4/c1-12-5-7-13(8-6-12)20(30)18-19(28-21(31)29-22(18,32)23(25,26)27)17-10-9-16(33-17)14-3-2-4-15(24)11-14/h2-11,18-19,32H,1H3,(H2,28,29,31)/t18-,19+,22-/m0/s1. The van der Waals surface area contributed by atoms with Crippen LogP contribution >= 0.6 is 0 Å². The highest BCUT2D eigenvalue weighted by molar-refractivity contribution is 6.00. The molecule has 0 bridgehead atoms. The minimum atomic E-state index is -5.38. The van der Waals surface area contributed by atoms with E-state index < -0.39 is 41.5 Å². The fourth-order valence-electron chi connectivity index (χ4n) is 3.79. The van der Waals surface area contributed by atoms with Crippen molar-refractivity contribution in [2.24, 2.45) is 5.92 Å². The van der Waals surface area contributed by atoms with Gasteiger partial charge in [-0.15, -0.1) is 0 Å². The Morgan fingerprint density at radius 2 is 1.79 bits per heavy atom. The summed E-state index contributed by atoms with van der Waals surface area (Å²) in [4.78, 5) is 25.3. The Hall–Kier alpha value is -3.66. The topological polar surface area (TPSA) is 91.6 Å². The second kappa shape index (κ2) is 8.04. The molecule has 2 amide bonds. The van der Waals surface area contributed by atoms with Gasteiger partial charge in [0.25, 0.3) is 0 Å². The highest BCUT2D eigenvalue weighted by Gasteiger charge is 2.66. The van der Waals surface area contributed by atoms with Crippen LogP contribution < -0.4 is 10.6 Å². The summed E-state index contributed by atoms with van der Waals surface area (Å²) in [7, 11) is 0. The van der Waals surface area contributed by atoms with E-state index in [1.807, 2.05) is 0 Å². The van der Waals surface area contributed by atoms with E-state index in [9.17, 15) is 32.3 Å². The first-order valence-corrected chi connectivity index (χ1v) is 9.84. The van der Waals surface area contributed by atoms with Crippen LogP contribution in [0.5, 0.6) is 0 Å². The van der Waals surface area contributed by atoms with Gasteiger partial charge in [-0.3, -0.25) is 4.79 Å². The molecular formula is C23H18F4N2O4. The van der Waals surface area contributed by atoms with Crippen molar-refractivity contribution in [3.8, 4) is 11.3 Å². The predicted octanol–water partition coefficient (Wildman–Crippen LogP) is 4.50. The van der Waals surface area contributed by atoms with Crippen LogP contribution in [-0.2, 0) is 0 Å². The third-order valence-corrected chi connectivity index (χ3v) is 5.47. The number of aliphatic hydroxyl groups is 1. The molecule has 0 unspecified atom stereocenters. The Labute approximate surface area is 185 Å². The van der Waals surface area contributed by atoms with Gasteiger partial charge in [-0.25, -0.2) is 9.18 Å². The number of carbonyl (C=O) groups is 2. The lowest BCUT2D eigenvalue weighted by Gasteiger charge is -2.44. The van der Waals surface area contributed by atoms with E-state index in [-0.39, 0.29) is 17.1 Å². The highest BCUT2D eigenvalue weighted by atomic mass is 19.4. The summed E-state index contributed by atoms with van der Waals surface area (Å²) in [5.74, 6) is -3.94. The Bertz CT molecular complexity index is 1210. The van der Waals surface area contributed by atoms with Crippen LogP contribution in [0.4, 0.5) is 22.4 Å². The first kappa shape index (κ1) is 22.5. The van der Waals surface area contributed by atoms with Crippen LogP contribution in [0.1, 0.15) is 27.7 Å². The van der Waals surface area contributed by atoms with Gasteiger partial charge in [0, 0.05) is 11.1 Å². The average molecular weight is 462 g/mol. The quantitative estimate of drug-likeness (QED) is 0.393. The minimum absolute atomic E-state index is 0.0897. The Kier molecular flexibility index (Phi) is 5.49. The number of Topliss-reactive ketones (excluding diaryl/α,β-unsaturated/α-hetero) is 1. The predicted molar refractivity (Wildman–Crippen MR) is 109 cm³/mol. The zero-order valence-electron chi connectivity index (χ0n) is 17.1. The van der Waals surface area contributed by atoms with Crippen LogP contribution in [0.3, 0.4) is 0 Å². The Morgan fingerprint density at radius 1 is 1.09 bits per heavy atom. The van der Waals surface area contributed by atoms with Gasteiger partial charge in [-0.1, -0.05) is 42.0 Å². The monoisotopic (exact) mass is 462 g/mol.